The molecule has 2 aromatic heterocycles. The zero-order valence-corrected chi connectivity index (χ0v) is 18.7. The highest BCUT2D eigenvalue weighted by molar-refractivity contribution is 7.98. The number of aromatic nitrogens is 4. The van der Waals surface area contributed by atoms with E-state index < -0.39 is 0 Å². The molecule has 0 saturated heterocycles. The summed E-state index contributed by atoms with van der Waals surface area (Å²) in [6.45, 7) is 3.99. The van der Waals surface area contributed by atoms with Crippen molar-refractivity contribution in [1.82, 2.24) is 24.8 Å². The van der Waals surface area contributed by atoms with Crippen molar-refractivity contribution in [3.63, 3.8) is 0 Å². The molecule has 3 aromatic rings. The molecule has 1 aliphatic rings. The minimum Gasteiger partial charge on any atom is -0.360 e. The first-order valence-electron chi connectivity index (χ1n) is 9.96. The van der Waals surface area contributed by atoms with Crippen molar-refractivity contribution in [2.24, 2.45) is 7.05 Å². The number of hydrogen-bond donors (Lipinski definition) is 2. The van der Waals surface area contributed by atoms with Crippen molar-refractivity contribution in [3.8, 4) is 0 Å². The molecule has 1 fully saturated rings. The van der Waals surface area contributed by atoms with Gasteiger partial charge in [0.15, 0.2) is 10.3 Å². The van der Waals surface area contributed by atoms with E-state index in [2.05, 4.69) is 43.4 Å². The van der Waals surface area contributed by atoms with Gasteiger partial charge in [-0.2, -0.15) is 0 Å². The summed E-state index contributed by atoms with van der Waals surface area (Å²) in [6.07, 6.45) is 4.97. The molecule has 1 saturated carbocycles. The zero-order valence-electron chi connectivity index (χ0n) is 17.0. The van der Waals surface area contributed by atoms with Gasteiger partial charge in [-0.3, -0.25) is 0 Å². The molecule has 0 spiro atoms. The lowest BCUT2D eigenvalue weighted by Crippen LogP contribution is -2.35. The number of hydrogen-bond acceptors (Lipinski definition) is 5. The fourth-order valence-corrected chi connectivity index (χ4v) is 4.98. The number of fused-ring (bicyclic) bond motifs is 1. The van der Waals surface area contributed by atoms with Crippen molar-refractivity contribution >= 4 is 45.8 Å². The maximum absolute atomic E-state index is 5.48. The molecule has 2 N–H and O–H groups in total. The number of imidazole rings is 1. The van der Waals surface area contributed by atoms with Gasteiger partial charge in [0.05, 0.1) is 16.8 Å². The van der Waals surface area contributed by atoms with Gasteiger partial charge < -0.3 is 15.2 Å². The fourth-order valence-electron chi connectivity index (χ4n) is 3.77. The highest BCUT2D eigenvalue weighted by atomic mass is 32.2. The predicted octanol–water partition coefficient (Wildman–Crippen LogP) is 4.50. The minimum absolute atomic E-state index is 0.504. The number of thiocarbonyl (C=S) groups is 1. The second-order valence-electron chi connectivity index (χ2n) is 7.59. The average molecular weight is 427 g/mol. The van der Waals surface area contributed by atoms with Crippen LogP contribution in [0, 0.1) is 13.8 Å². The van der Waals surface area contributed by atoms with Crippen LogP contribution in [0.15, 0.2) is 29.4 Å². The van der Waals surface area contributed by atoms with E-state index in [9.17, 15) is 0 Å². The molecule has 0 unspecified atom stereocenters. The molecule has 1 aliphatic carbocycles. The number of benzene rings is 1. The van der Waals surface area contributed by atoms with Crippen LogP contribution in [0.5, 0.6) is 0 Å². The molecule has 0 atom stereocenters. The summed E-state index contributed by atoms with van der Waals surface area (Å²) in [4.78, 5) is 13.8. The van der Waals surface area contributed by atoms with Crippen LogP contribution in [-0.2, 0) is 12.8 Å². The van der Waals surface area contributed by atoms with Crippen molar-refractivity contribution in [2.45, 2.75) is 56.5 Å². The van der Waals surface area contributed by atoms with Crippen molar-refractivity contribution in [3.05, 3.63) is 41.5 Å². The predicted molar refractivity (Wildman–Crippen MR) is 123 cm³/mol. The Balaban J connectivity index is 1.45. The Bertz CT molecular complexity index is 1020. The monoisotopic (exact) mass is 426 g/mol. The van der Waals surface area contributed by atoms with E-state index in [0.717, 1.165) is 44.8 Å². The molecule has 0 amide bonds. The minimum atomic E-state index is 0.504. The van der Waals surface area contributed by atoms with Gasteiger partial charge in [0.2, 0.25) is 0 Å². The average Bonchev–Trinajstić information content (AvgIpc) is 3.27. The first-order valence-corrected chi connectivity index (χ1v) is 11.4. The third-order valence-electron chi connectivity index (χ3n) is 5.21. The maximum atomic E-state index is 5.48. The second kappa shape index (κ2) is 8.67. The molecule has 1 aromatic carbocycles. The normalized spacial score (nSPS) is 14.4. The van der Waals surface area contributed by atoms with Gasteiger partial charge in [-0.25, -0.2) is 15.0 Å². The topological polar surface area (TPSA) is 67.7 Å². The van der Waals surface area contributed by atoms with Gasteiger partial charge in [-0.05, 0) is 63.2 Å². The van der Waals surface area contributed by atoms with Gasteiger partial charge in [0.25, 0.3) is 0 Å². The lowest BCUT2D eigenvalue weighted by Gasteiger charge is -2.15. The molecule has 0 radical (unpaired) electrons. The van der Waals surface area contributed by atoms with Crippen LogP contribution in [-0.4, -0.2) is 30.7 Å². The Morgan fingerprint density at radius 1 is 1.14 bits per heavy atom. The highest BCUT2D eigenvalue weighted by Crippen LogP contribution is 2.25. The summed E-state index contributed by atoms with van der Waals surface area (Å²) in [5.74, 6) is 1.72. The zero-order chi connectivity index (χ0) is 20.4. The van der Waals surface area contributed by atoms with Gasteiger partial charge in [-0.15, -0.1) is 0 Å². The van der Waals surface area contributed by atoms with Crippen molar-refractivity contribution in [2.75, 3.05) is 5.32 Å². The van der Waals surface area contributed by atoms with Crippen LogP contribution in [0.1, 0.15) is 42.9 Å². The highest BCUT2D eigenvalue weighted by Gasteiger charge is 2.16. The summed E-state index contributed by atoms with van der Waals surface area (Å²) < 4.78 is 2.13. The van der Waals surface area contributed by atoms with Crippen molar-refractivity contribution in [1.29, 1.82) is 0 Å². The Kier molecular flexibility index (Phi) is 6.01. The smallest absolute Gasteiger partial charge is 0.188 e. The van der Waals surface area contributed by atoms with Crippen LogP contribution in [0.4, 0.5) is 5.69 Å². The van der Waals surface area contributed by atoms with E-state index in [-0.39, 0.29) is 0 Å². The molecule has 0 aliphatic heterocycles. The SMILES string of the molecule is Cc1cc(C)nc(SCc2nc3cc(NC(=S)NC4CCCC4)ccc3n2C)n1. The lowest BCUT2D eigenvalue weighted by molar-refractivity contribution is 0.634. The number of nitrogens with one attached hydrogen (secondary N) is 2. The van der Waals surface area contributed by atoms with E-state index in [1.807, 2.05) is 27.0 Å². The van der Waals surface area contributed by atoms with Gasteiger partial charge >= 0.3 is 0 Å². The standard InChI is InChI=1S/C21H26N6S2/c1-13-10-14(2)23-21(22-13)29-12-19-26-17-11-16(8-9-18(17)27(19)3)25-20(28)24-15-6-4-5-7-15/h8-11,15H,4-7,12H2,1-3H3,(H2,24,25,28). The number of nitrogens with zero attached hydrogens (tertiary/aromatic N) is 4. The molecule has 2 heterocycles. The quantitative estimate of drug-likeness (QED) is 0.354. The number of anilines is 1. The molecule has 4 rings (SSSR count). The van der Waals surface area contributed by atoms with Gasteiger partial charge in [0.1, 0.15) is 5.82 Å². The van der Waals surface area contributed by atoms with E-state index in [0.29, 0.717) is 11.2 Å². The molecular weight excluding hydrogens is 400 g/mol. The Morgan fingerprint density at radius 3 is 2.59 bits per heavy atom. The van der Waals surface area contributed by atoms with Crippen LogP contribution in [0.3, 0.4) is 0 Å². The Labute approximate surface area is 180 Å². The number of aryl methyl sites for hydroxylation is 3. The Morgan fingerprint density at radius 2 is 1.86 bits per heavy atom. The van der Waals surface area contributed by atoms with E-state index >= 15 is 0 Å². The summed E-state index contributed by atoms with van der Waals surface area (Å²) in [5.41, 5.74) is 4.99. The summed E-state index contributed by atoms with van der Waals surface area (Å²) in [5, 5.41) is 8.20. The van der Waals surface area contributed by atoms with Crippen LogP contribution in [0.2, 0.25) is 0 Å². The number of thioether (sulfide) groups is 1. The molecule has 0 bridgehead atoms. The van der Waals surface area contributed by atoms with E-state index in [1.54, 1.807) is 11.8 Å². The van der Waals surface area contributed by atoms with Gasteiger partial charge in [0, 0.05) is 30.2 Å². The Hall–Kier alpha value is -2.19. The molecular formula is C21H26N6S2. The summed E-state index contributed by atoms with van der Waals surface area (Å²) in [6, 6.07) is 8.68. The second-order valence-corrected chi connectivity index (χ2v) is 8.94. The third-order valence-corrected chi connectivity index (χ3v) is 6.28. The van der Waals surface area contributed by atoms with E-state index in [1.165, 1.54) is 25.7 Å². The first-order chi connectivity index (χ1) is 14.0. The van der Waals surface area contributed by atoms with Crippen LogP contribution < -0.4 is 10.6 Å². The molecule has 8 heteroatoms. The van der Waals surface area contributed by atoms with Crippen LogP contribution in [0.25, 0.3) is 11.0 Å². The maximum Gasteiger partial charge on any atom is 0.188 e. The lowest BCUT2D eigenvalue weighted by atomic mass is 10.2. The number of rotatable bonds is 5. The van der Waals surface area contributed by atoms with Gasteiger partial charge in [-0.1, -0.05) is 24.6 Å². The van der Waals surface area contributed by atoms with Crippen LogP contribution >= 0.6 is 24.0 Å². The molecule has 29 heavy (non-hydrogen) atoms. The first kappa shape index (κ1) is 20.1. The largest absolute Gasteiger partial charge is 0.360 e. The van der Waals surface area contributed by atoms with E-state index in [4.69, 9.17) is 17.2 Å². The fraction of sp³-hybridized carbons (Fsp3) is 0.429. The molecule has 152 valence electrons. The third kappa shape index (κ3) is 4.87. The van der Waals surface area contributed by atoms with Crippen molar-refractivity contribution < 1.29 is 0 Å². The summed E-state index contributed by atoms with van der Waals surface area (Å²) >= 11 is 7.09. The summed E-state index contributed by atoms with van der Waals surface area (Å²) in [7, 11) is 2.05. The molecule has 6 nitrogen and oxygen atoms in total.